The molecule has 1 saturated heterocycles. The van der Waals surface area contributed by atoms with Crippen LogP contribution in [0.25, 0.3) is 0 Å². The Bertz CT molecular complexity index is 381. The highest BCUT2D eigenvalue weighted by Crippen LogP contribution is 2.12. The standard InChI is InChI=1S/C16H26N2O/c1-14-6-3-7-16(12-14)19-11-5-10-18-9-4-8-17-15(2)13-18/h3,6-7,12,15,17H,4-5,8-11,13H2,1-2H3. The van der Waals surface area contributed by atoms with E-state index in [1.54, 1.807) is 0 Å². The van der Waals surface area contributed by atoms with Gasteiger partial charge in [-0.15, -0.1) is 0 Å². The topological polar surface area (TPSA) is 24.5 Å². The summed E-state index contributed by atoms with van der Waals surface area (Å²) in [5.74, 6) is 0.992. The van der Waals surface area contributed by atoms with Gasteiger partial charge < -0.3 is 15.0 Å². The molecular formula is C16H26N2O. The third kappa shape index (κ3) is 5.21. The summed E-state index contributed by atoms with van der Waals surface area (Å²) in [4.78, 5) is 2.55. The first kappa shape index (κ1) is 14.4. The van der Waals surface area contributed by atoms with E-state index in [1.165, 1.54) is 18.5 Å². The number of hydrogen-bond acceptors (Lipinski definition) is 3. The van der Waals surface area contributed by atoms with E-state index >= 15 is 0 Å². The zero-order chi connectivity index (χ0) is 13.5. The maximum atomic E-state index is 5.79. The molecule has 0 amide bonds. The van der Waals surface area contributed by atoms with E-state index in [2.05, 4.69) is 36.2 Å². The van der Waals surface area contributed by atoms with Crippen molar-refractivity contribution in [1.29, 1.82) is 0 Å². The predicted molar refractivity (Wildman–Crippen MR) is 79.8 cm³/mol. The monoisotopic (exact) mass is 262 g/mol. The normalized spacial score (nSPS) is 21.1. The van der Waals surface area contributed by atoms with Crippen molar-refractivity contribution >= 4 is 0 Å². The minimum Gasteiger partial charge on any atom is -0.494 e. The molecule has 3 nitrogen and oxygen atoms in total. The summed E-state index contributed by atoms with van der Waals surface area (Å²) in [6.07, 6.45) is 2.35. The molecule has 0 spiro atoms. The van der Waals surface area contributed by atoms with Gasteiger partial charge in [-0.3, -0.25) is 0 Å². The second-order valence-corrected chi connectivity index (χ2v) is 5.53. The van der Waals surface area contributed by atoms with Gasteiger partial charge >= 0.3 is 0 Å². The fraction of sp³-hybridized carbons (Fsp3) is 0.625. The van der Waals surface area contributed by atoms with Crippen molar-refractivity contribution in [3.63, 3.8) is 0 Å². The van der Waals surface area contributed by atoms with Crippen LogP contribution in [0.1, 0.15) is 25.3 Å². The van der Waals surface area contributed by atoms with Crippen molar-refractivity contribution in [1.82, 2.24) is 10.2 Å². The number of rotatable bonds is 5. The van der Waals surface area contributed by atoms with Crippen LogP contribution in [0.2, 0.25) is 0 Å². The first-order chi connectivity index (χ1) is 9.24. The molecule has 1 aliphatic heterocycles. The number of nitrogens with one attached hydrogen (secondary N) is 1. The average molecular weight is 262 g/mol. The average Bonchev–Trinajstić information content (AvgIpc) is 2.59. The summed E-state index contributed by atoms with van der Waals surface area (Å²) in [5, 5.41) is 3.52. The molecule has 1 atom stereocenters. The van der Waals surface area contributed by atoms with Gasteiger partial charge in [-0.05, 0) is 57.5 Å². The van der Waals surface area contributed by atoms with Crippen molar-refractivity contribution < 1.29 is 4.74 Å². The molecule has 0 bridgehead atoms. The summed E-state index contributed by atoms with van der Waals surface area (Å²) < 4.78 is 5.79. The Morgan fingerprint density at radius 2 is 2.32 bits per heavy atom. The third-order valence-electron chi connectivity index (χ3n) is 3.55. The Labute approximate surface area is 116 Å². The van der Waals surface area contributed by atoms with Crippen LogP contribution in [0.3, 0.4) is 0 Å². The second-order valence-electron chi connectivity index (χ2n) is 5.53. The van der Waals surface area contributed by atoms with Gasteiger partial charge in [-0.2, -0.15) is 0 Å². The zero-order valence-corrected chi connectivity index (χ0v) is 12.2. The van der Waals surface area contributed by atoms with Crippen molar-refractivity contribution in [3.05, 3.63) is 29.8 Å². The van der Waals surface area contributed by atoms with Crippen LogP contribution in [-0.2, 0) is 0 Å². The second kappa shape index (κ2) is 7.51. The fourth-order valence-electron chi connectivity index (χ4n) is 2.58. The summed E-state index contributed by atoms with van der Waals surface area (Å²) >= 11 is 0. The molecule has 1 fully saturated rings. The van der Waals surface area contributed by atoms with Crippen LogP contribution >= 0.6 is 0 Å². The maximum Gasteiger partial charge on any atom is 0.119 e. The molecule has 3 heteroatoms. The molecule has 0 aliphatic carbocycles. The predicted octanol–water partition coefficient (Wildman–Crippen LogP) is 2.45. The first-order valence-electron chi connectivity index (χ1n) is 7.39. The smallest absolute Gasteiger partial charge is 0.119 e. The van der Waals surface area contributed by atoms with Crippen molar-refractivity contribution in [2.75, 3.05) is 32.8 Å². The van der Waals surface area contributed by atoms with Crippen LogP contribution in [0.5, 0.6) is 5.75 Å². The van der Waals surface area contributed by atoms with Gasteiger partial charge in [-0.25, -0.2) is 0 Å². The number of benzene rings is 1. The van der Waals surface area contributed by atoms with Gasteiger partial charge in [0, 0.05) is 19.1 Å². The Morgan fingerprint density at radius 1 is 1.42 bits per heavy atom. The van der Waals surface area contributed by atoms with E-state index in [0.29, 0.717) is 6.04 Å². The number of aryl methyl sites for hydroxylation is 1. The van der Waals surface area contributed by atoms with Gasteiger partial charge in [0.1, 0.15) is 5.75 Å². The molecule has 1 N–H and O–H groups in total. The molecule has 0 saturated carbocycles. The summed E-state index contributed by atoms with van der Waals surface area (Å²) in [6, 6.07) is 8.88. The molecular weight excluding hydrogens is 236 g/mol. The lowest BCUT2D eigenvalue weighted by molar-refractivity contribution is 0.233. The van der Waals surface area contributed by atoms with Crippen molar-refractivity contribution in [2.24, 2.45) is 0 Å². The molecule has 2 rings (SSSR count). The highest BCUT2D eigenvalue weighted by atomic mass is 16.5. The molecule has 1 aliphatic rings. The SMILES string of the molecule is Cc1cccc(OCCCN2CCCNC(C)C2)c1. The quantitative estimate of drug-likeness (QED) is 0.825. The molecule has 1 aromatic carbocycles. The first-order valence-corrected chi connectivity index (χ1v) is 7.39. The van der Waals surface area contributed by atoms with E-state index in [9.17, 15) is 0 Å². The largest absolute Gasteiger partial charge is 0.494 e. The van der Waals surface area contributed by atoms with Gasteiger partial charge in [0.15, 0.2) is 0 Å². The Morgan fingerprint density at radius 3 is 3.16 bits per heavy atom. The van der Waals surface area contributed by atoms with Crippen LogP contribution in [0.4, 0.5) is 0 Å². The fourth-order valence-corrected chi connectivity index (χ4v) is 2.58. The lowest BCUT2D eigenvalue weighted by Gasteiger charge is -2.22. The van der Waals surface area contributed by atoms with E-state index in [1.807, 2.05) is 12.1 Å². The van der Waals surface area contributed by atoms with Crippen LogP contribution < -0.4 is 10.1 Å². The van der Waals surface area contributed by atoms with Crippen LogP contribution in [-0.4, -0.2) is 43.7 Å². The van der Waals surface area contributed by atoms with Gasteiger partial charge in [0.05, 0.1) is 6.61 Å². The molecule has 0 radical (unpaired) electrons. The molecule has 0 aromatic heterocycles. The maximum absolute atomic E-state index is 5.79. The Kier molecular flexibility index (Phi) is 5.67. The van der Waals surface area contributed by atoms with Gasteiger partial charge in [0.25, 0.3) is 0 Å². The Hall–Kier alpha value is -1.06. The Balaban J connectivity index is 1.66. The van der Waals surface area contributed by atoms with Crippen molar-refractivity contribution in [2.45, 2.75) is 32.7 Å². The molecule has 106 valence electrons. The number of ether oxygens (including phenoxy) is 1. The van der Waals surface area contributed by atoms with E-state index < -0.39 is 0 Å². The minimum absolute atomic E-state index is 0.611. The molecule has 1 aromatic rings. The summed E-state index contributed by atoms with van der Waals surface area (Å²) in [5.41, 5.74) is 1.25. The third-order valence-corrected chi connectivity index (χ3v) is 3.55. The van der Waals surface area contributed by atoms with E-state index in [4.69, 9.17) is 4.74 Å². The molecule has 1 heterocycles. The van der Waals surface area contributed by atoms with Gasteiger partial charge in [0.2, 0.25) is 0 Å². The molecule has 1 unspecified atom stereocenters. The van der Waals surface area contributed by atoms with Crippen molar-refractivity contribution in [3.8, 4) is 5.75 Å². The van der Waals surface area contributed by atoms with E-state index in [0.717, 1.165) is 38.4 Å². The van der Waals surface area contributed by atoms with E-state index in [-0.39, 0.29) is 0 Å². The zero-order valence-electron chi connectivity index (χ0n) is 12.2. The lowest BCUT2D eigenvalue weighted by Crippen LogP contribution is -2.36. The highest BCUT2D eigenvalue weighted by molar-refractivity contribution is 5.27. The highest BCUT2D eigenvalue weighted by Gasteiger charge is 2.13. The minimum atomic E-state index is 0.611. The summed E-state index contributed by atoms with van der Waals surface area (Å²) in [7, 11) is 0. The van der Waals surface area contributed by atoms with Crippen LogP contribution in [0.15, 0.2) is 24.3 Å². The summed E-state index contributed by atoms with van der Waals surface area (Å²) in [6.45, 7) is 9.82. The van der Waals surface area contributed by atoms with Gasteiger partial charge in [-0.1, -0.05) is 12.1 Å². The number of hydrogen-bond donors (Lipinski definition) is 1. The van der Waals surface area contributed by atoms with Crippen LogP contribution in [0, 0.1) is 6.92 Å². The number of nitrogens with zero attached hydrogens (tertiary/aromatic N) is 1. The lowest BCUT2D eigenvalue weighted by atomic mass is 10.2. The molecule has 19 heavy (non-hydrogen) atoms.